The van der Waals surface area contributed by atoms with Crippen LogP contribution in [0.15, 0.2) is 47.4 Å². The number of ether oxygens (including phenoxy) is 1. The number of likely N-dealkylation sites (N-methyl/N-ethyl adjacent to an activating group) is 1. The largest absolute Gasteiger partial charge is 0.488 e. The lowest BCUT2D eigenvalue weighted by atomic mass is 9.96. The average Bonchev–Trinajstić information content (AvgIpc) is 3.00. The third kappa shape index (κ3) is 7.95. The van der Waals surface area contributed by atoms with Gasteiger partial charge in [-0.05, 0) is 57.0 Å². The number of carbonyl (C=O) groups is 2. The zero-order valence-corrected chi connectivity index (χ0v) is 25.8. The maximum atomic E-state index is 13.5. The molecule has 0 saturated heterocycles. The fourth-order valence-electron chi connectivity index (χ4n) is 5.53. The summed E-state index contributed by atoms with van der Waals surface area (Å²) in [7, 11) is -2.11. The van der Waals surface area contributed by atoms with Gasteiger partial charge in [-0.15, -0.1) is 0 Å². The minimum Gasteiger partial charge on any atom is -0.488 e. The van der Waals surface area contributed by atoms with Crippen molar-refractivity contribution in [2.24, 2.45) is 5.92 Å². The highest BCUT2D eigenvalue weighted by Gasteiger charge is 2.32. The molecule has 2 aliphatic rings. The predicted molar refractivity (Wildman–Crippen MR) is 162 cm³/mol. The van der Waals surface area contributed by atoms with Crippen LogP contribution in [0.25, 0.3) is 0 Å². The number of rotatable bonds is 8. The van der Waals surface area contributed by atoms with Crippen molar-refractivity contribution in [3.8, 4) is 5.75 Å². The highest BCUT2D eigenvalue weighted by molar-refractivity contribution is 7.92. The highest BCUT2D eigenvalue weighted by atomic mass is 32.2. The third-order valence-corrected chi connectivity index (χ3v) is 9.63. The molecule has 4 rings (SSSR count). The number of anilines is 1. The Morgan fingerprint density at radius 3 is 2.50 bits per heavy atom. The van der Waals surface area contributed by atoms with E-state index in [1.807, 2.05) is 13.8 Å². The second-order valence-electron chi connectivity index (χ2n) is 11.8. The first kappa shape index (κ1) is 31.6. The average molecular weight is 601 g/mol. The molecule has 1 saturated carbocycles. The summed E-state index contributed by atoms with van der Waals surface area (Å²) in [6, 6.07) is 11.1. The van der Waals surface area contributed by atoms with Gasteiger partial charge in [0.2, 0.25) is 5.91 Å². The molecule has 230 valence electrons. The number of amides is 3. The van der Waals surface area contributed by atoms with E-state index in [9.17, 15) is 23.1 Å². The fourth-order valence-corrected chi connectivity index (χ4v) is 6.58. The van der Waals surface area contributed by atoms with Gasteiger partial charge in [0.05, 0.1) is 30.5 Å². The quantitative estimate of drug-likeness (QED) is 0.422. The van der Waals surface area contributed by atoms with Gasteiger partial charge < -0.3 is 25.0 Å². The number of hydrogen-bond acceptors (Lipinski definition) is 6. The molecule has 10 nitrogen and oxygen atoms in total. The molecular formula is C31H44N4O6S. The summed E-state index contributed by atoms with van der Waals surface area (Å²) in [5, 5.41) is 13.0. The number of benzene rings is 2. The number of nitrogens with zero attached hydrogens (tertiary/aromatic N) is 2. The lowest BCUT2D eigenvalue weighted by Crippen LogP contribution is -2.50. The molecule has 3 amide bonds. The molecule has 0 aromatic heterocycles. The molecule has 1 aliphatic heterocycles. The molecule has 0 spiro atoms. The molecule has 3 N–H and O–H groups in total. The van der Waals surface area contributed by atoms with Crippen molar-refractivity contribution >= 4 is 27.6 Å². The van der Waals surface area contributed by atoms with E-state index < -0.39 is 22.2 Å². The second-order valence-corrected chi connectivity index (χ2v) is 13.5. The molecule has 0 unspecified atom stereocenters. The van der Waals surface area contributed by atoms with Crippen molar-refractivity contribution < 1.29 is 27.9 Å². The number of fused-ring (bicyclic) bond motifs is 1. The molecule has 1 fully saturated rings. The van der Waals surface area contributed by atoms with Gasteiger partial charge in [-0.25, -0.2) is 13.2 Å². The summed E-state index contributed by atoms with van der Waals surface area (Å²) in [4.78, 5) is 29.9. The first-order valence-electron chi connectivity index (χ1n) is 14.8. The van der Waals surface area contributed by atoms with Crippen molar-refractivity contribution in [2.45, 2.75) is 82.4 Å². The Labute approximate surface area is 249 Å². The number of aliphatic hydroxyl groups is 1. The van der Waals surface area contributed by atoms with Crippen molar-refractivity contribution in [1.82, 2.24) is 15.1 Å². The molecular weight excluding hydrogens is 556 g/mol. The number of urea groups is 1. The van der Waals surface area contributed by atoms with Crippen molar-refractivity contribution in [3.05, 3.63) is 53.6 Å². The van der Waals surface area contributed by atoms with Gasteiger partial charge in [-0.1, -0.05) is 43.9 Å². The highest BCUT2D eigenvalue weighted by Crippen LogP contribution is 2.30. The lowest BCUT2D eigenvalue weighted by molar-refractivity contribution is -0.134. The maximum absolute atomic E-state index is 13.5. The molecule has 0 bridgehead atoms. The second kappa shape index (κ2) is 13.8. The maximum Gasteiger partial charge on any atom is 0.317 e. The van der Waals surface area contributed by atoms with Crippen LogP contribution < -0.4 is 14.8 Å². The molecule has 42 heavy (non-hydrogen) atoms. The van der Waals surface area contributed by atoms with Gasteiger partial charge in [0.25, 0.3) is 10.0 Å². The summed E-state index contributed by atoms with van der Waals surface area (Å²) >= 11 is 0. The van der Waals surface area contributed by atoms with Crippen LogP contribution in [-0.2, 0) is 21.2 Å². The van der Waals surface area contributed by atoms with Crippen LogP contribution in [0.5, 0.6) is 5.75 Å². The Bertz CT molecular complexity index is 1340. The molecule has 2 aromatic rings. The van der Waals surface area contributed by atoms with Gasteiger partial charge in [0.1, 0.15) is 11.9 Å². The van der Waals surface area contributed by atoms with Gasteiger partial charge in [-0.3, -0.25) is 9.52 Å². The van der Waals surface area contributed by atoms with Crippen molar-refractivity contribution in [1.29, 1.82) is 0 Å². The van der Waals surface area contributed by atoms with Gasteiger partial charge in [0, 0.05) is 36.8 Å². The van der Waals surface area contributed by atoms with E-state index in [4.69, 9.17) is 4.74 Å². The Morgan fingerprint density at radius 2 is 1.83 bits per heavy atom. The van der Waals surface area contributed by atoms with Crippen molar-refractivity contribution in [2.75, 3.05) is 31.5 Å². The molecule has 3 atom stereocenters. The van der Waals surface area contributed by atoms with E-state index in [-0.39, 0.29) is 48.4 Å². The van der Waals surface area contributed by atoms with E-state index in [0.717, 1.165) is 31.2 Å². The number of aliphatic hydroxyl groups excluding tert-OH is 1. The smallest absolute Gasteiger partial charge is 0.317 e. The first-order valence-corrected chi connectivity index (χ1v) is 16.3. The summed E-state index contributed by atoms with van der Waals surface area (Å²) < 4.78 is 35.2. The SMILES string of the molecule is Cc1ccc(S(=O)(=O)Nc2ccc3c(c2)CC(=O)N([C@H](C)CO)C[C@@H](C)[C@@H](CN(C)C(=O)NC2CCCCC2)O3)cc1. The van der Waals surface area contributed by atoms with Crippen molar-refractivity contribution in [3.63, 3.8) is 0 Å². The number of nitrogens with one attached hydrogen (secondary N) is 2. The van der Waals surface area contributed by atoms with Gasteiger partial charge in [-0.2, -0.15) is 0 Å². The Hall–Kier alpha value is -3.31. The van der Waals surface area contributed by atoms with E-state index in [1.54, 1.807) is 66.2 Å². The zero-order chi connectivity index (χ0) is 30.4. The number of carbonyl (C=O) groups excluding carboxylic acids is 2. The van der Waals surface area contributed by atoms with E-state index >= 15 is 0 Å². The van der Waals surface area contributed by atoms with E-state index in [0.29, 0.717) is 23.5 Å². The van der Waals surface area contributed by atoms with Crippen LogP contribution in [-0.4, -0.2) is 80.2 Å². The fraction of sp³-hybridized carbons (Fsp3) is 0.548. The van der Waals surface area contributed by atoms with Crippen LogP contribution in [0.4, 0.5) is 10.5 Å². The zero-order valence-electron chi connectivity index (χ0n) is 25.0. The van der Waals surface area contributed by atoms with Crippen LogP contribution in [0.3, 0.4) is 0 Å². The minimum absolute atomic E-state index is 0.0305. The van der Waals surface area contributed by atoms with Crippen LogP contribution in [0.1, 0.15) is 57.1 Å². The third-order valence-electron chi connectivity index (χ3n) is 8.23. The summed E-state index contributed by atoms with van der Waals surface area (Å²) in [6.45, 7) is 6.07. The topological polar surface area (TPSA) is 128 Å². The monoisotopic (exact) mass is 600 g/mol. The number of aryl methyl sites for hydroxylation is 1. The van der Waals surface area contributed by atoms with Gasteiger partial charge in [0.15, 0.2) is 0 Å². The van der Waals surface area contributed by atoms with E-state index in [2.05, 4.69) is 10.0 Å². The number of hydrogen-bond donors (Lipinski definition) is 3. The Balaban J connectivity index is 1.59. The number of sulfonamides is 1. The summed E-state index contributed by atoms with van der Waals surface area (Å²) in [6.07, 6.45) is 4.91. The van der Waals surface area contributed by atoms with Crippen LogP contribution in [0, 0.1) is 12.8 Å². The molecule has 0 radical (unpaired) electrons. The molecule has 2 aromatic carbocycles. The van der Waals surface area contributed by atoms with Gasteiger partial charge >= 0.3 is 6.03 Å². The minimum atomic E-state index is -3.85. The summed E-state index contributed by atoms with van der Waals surface area (Å²) in [5.41, 5.74) is 1.78. The van der Waals surface area contributed by atoms with Crippen LogP contribution >= 0.6 is 0 Å². The Morgan fingerprint density at radius 1 is 1.14 bits per heavy atom. The van der Waals surface area contributed by atoms with Crippen LogP contribution in [0.2, 0.25) is 0 Å². The lowest BCUT2D eigenvalue weighted by Gasteiger charge is -2.34. The molecule has 1 heterocycles. The normalized spacial score (nSPS) is 20.8. The summed E-state index contributed by atoms with van der Waals surface area (Å²) in [5.74, 6) is 0.0902. The van der Waals surface area contributed by atoms with E-state index in [1.165, 1.54) is 6.42 Å². The molecule has 1 aliphatic carbocycles. The molecule has 11 heteroatoms. The first-order chi connectivity index (χ1) is 20.0. The standard InChI is InChI=1S/C31H44N4O6S/c1-21-10-13-27(14-11-21)42(39,40)33-26-12-15-28-24(16-26)17-30(37)35(23(3)20-36)18-22(2)29(41-28)19-34(4)31(38)32-25-8-6-5-7-9-25/h10-16,22-23,25,29,33,36H,5-9,17-20H2,1-4H3,(H,32,38)/t22-,23-,29-/m1/s1. The predicted octanol–water partition coefficient (Wildman–Crippen LogP) is 3.92. The Kier molecular flexibility index (Phi) is 10.4.